The van der Waals surface area contributed by atoms with E-state index in [4.69, 9.17) is 9.47 Å². The summed E-state index contributed by atoms with van der Waals surface area (Å²) in [6.45, 7) is 15.9. The number of likely N-dealkylation sites (N-methyl/N-ethyl adjacent to an activating group) is 1. The number of piperazine rings is 1. The van der Waals surface area contributed by atoms with E-state index in [1.54, 1.807) is 14.2 Å². The zero-order valence-corrected chi connectivity index (χ0v) is 26.4. The van der Waals surface area contributed by atoms with Gasteiger partial charge in [0.1, 0.15) is 6.29 Å². The van der Waals surface area contributed by atoms with E-state index in [9.17, 15) is 14.4 Å². The van der Waals surface area contributed by atoms with Gasteiger partial charge in [0.25, 0.3) is 0 Å². The first kappa shape index (κ1) is 34.6. The highest BCUT2D eigenvalue weighted by molar-refractivity contribution is 5.82. The summed E-state index contributed by atoms with van der Waals surface area (Å²) in [6, 6.07) is -0.221. The minimum absolute atomic E-state index is 0.0121. The molecule has 0 saturated carbocycles. The zero-order chi connectivity index (χ0) is 29.8. The van der Waals surface area contributed by atoms with Crippen molar-refractivity contribution >= 4 is 18.1 Å². The van der Waals surface area contributed by atoms with Crippen molar-refractivity contribution in [3.05, 3.63) is 0 Å². The number of ether oxygens (including phenoxy) is 2. The molecule has 0 aliphatic carbocycles. The highest BCUT2D eigenvalue weighted by Gasteiger charge is 2.40. The van der Waals surface area contributed by atoms with Gasteiger partial charge >= 0.3 is 0 Å². The Balaban J connectivity index is 2.04. The quantitative estimate of drug-likeness (QED) is 0.256. The van der Waals surface area contributed by atoms with Gasteiger partial charge in [-0.25, -0.2) is 0 Å². The van der Waals surface area contributed by atoms with E-state index in [-0.39, 0.29) is 60.4 Å². The summed E-state index contributed by atoms with van der Waals surface area (Å²) in [4.78, 5) is 44.7. The van der Waals surface area contributed by atoms with Crippen LogP contribution in [0.25, 0.3) is 0 Å². The molecule has 7 unspecified atom stereocenters. The summed E-state index contributed by atoms with van der Waals surface area (Å²) < 4.78 is 11.6. The topological polar surface area (TPSA) is 103 Å². The Morgan fingerprint density at radius 3 is 2.33 bits per heavy atom. The molecule has 2 aliphatic heterocycles. The maximum absolute atomic E-state index is 13.6. The van der Waals surface area contributed by atoms with Crippen LogP contribution in [-0.4, -0.2) is 130 Å². The number of likely N-dealkylation sites (tertiary alicyclic amines) is 1. The average Bonchev–Trinajstić information content (AvgIpc) is 3.42. The van der Waals surface area contributed by atoms with Crippen molar-refractivity contribution in [2.75, 3.05) is 67.1 Å². The number of carbonyl (C=O) groups excluding carboxylic acids is 3. The molecule has 10 heteroatoms. The van der Waals surface area contributed by atoms with Crippen LogP contribution in [0.15, 0.2) is 0 Å². The van der Waals surface area contributed by atoms with Crippen molar-refractivity contribution in [2.45, 2.75) is 90.6 Å². The normalized spacial score (nSPS) is 23.1. The molecule has 0 spiro atoms. The first-order chi connectivity index (χ1) is 19.1. The minimum Gasteiger partial charge on any atom is -0.379 e. The Hall–Kier alpha value is -1.59. The van der Waals surface area contributed by atoms with Crippen LogP contribution in [0.1, 0.15) is 60.3 Å². The number of methoxy groups -OCH3 is 2. The largest absolute Gasteiger partial charge is 0.379 e. The maximum atomic E-state index is 13.6. The molecule has 7 atom stereocenters. The number of carbonyl (C=O) groups is 3. The molecule has 2 fully saturated rings. The predicted octanol–water partition coefficient (Wildman–Crippen LogP) is 1.63. The summed E-state index contributed by atoms with van der Waals surface area (Å²) in [7, 11) is 5.35. The molecule has 0 aromatic rings. The summed E-state index contributed by atoms with van der Waals surface area (Å²) in [5, 5.41) is 6.55. The number of amides is 2. The van der Waals surface area contributed by atoms with E-state index in [0.717, 1.165) is 51.7 Å². The van der Waals surface area contributed by atoms with E-state index in [2.05, 4.69) is 55.2 Å². The van der Waals surface area contributed by atoms with Crippen LogP contribution in [0.5, 0.6) is 0 Å². The number of aldehydes is 1. The van der Waals surface area contributed by atoms with Gasteiger partial charge in [-0.2, -0.15) is 0 Å². The van der Waals surface area contributed by atoms with Crippen molar-refractivity contribution in [1.29, 1.82) is 0 Å². The fourth-order valence-corrected chi connectivity index (χ4v) is 6.66. The number of hydrogen-bond acceptors (Lipinski definition) is 8. The second-order valence-corrected chi connectivity index (χ2v) is 12.1. The highest BCUT2D eigenvalue weighted by Crippen LogP contribution is 2.28. The molecule has 2 N–H and O–H groups in total. The van der Waals surface area contributed by atoms with E-state index in [1.165, 1.54) is 0 Å². The zero-order valence-electron chi connectivity index (χ0n) is 26.4. The maximum Gasteiger partial charge on any atom is 0.237 e. The summed E-state index contributed by atoms with van der Waals surface area (Å²) >= 11 is 0. The van der Waals surface area contributed by atoms with Crippen molar-refractivity contribution in [2.24, 2.45) is 17.8 Å². The Bertz CT molecular complexity index is 778. The smallest absolute Gasteiger partial charge is 0.237 e. The van der Waals surface area contributed by atoms with Gasteiger partial charge in [-0.15, -0.1) is 0 Å². The molecule has 2 amide bonds. The van der Waals surface area contributed by atoms with Gasteiger partial charge in [0.05, 0.1) is 30.7 Å². The molecule has 0 aromatic heterocycles. The fourth-order valence-electron chi connectivity index (χ4n) is 6.66. The Morgan fingerprint density at radius 2 is 1.77 bits per heavy atom. The lowest BCUT2D eigenvalue weighted by atomic mass is 9.90. The SMILES string of the molecule is CCC(C)C(C(CC(=O)N1CCCC1C(OC)C(C)C=O)OC)N(C)CCNC(=O)C(C(C)C)N1CCNCC1. The Labute approximate surface area is 242 Å². The first-order valence-electron chi connectivity index (χ1n) is 15.3. The van der Waals surface area contributed by atoms with Crippen molar-refractivity contribution in [3.8, 4) is 0 Å². The van der Waals surface area contributed by atoms with Gasteiger partial charge in [0.15, 0.2) is 0 Å². The van der Waals surface area contributed by atoms with Crippen LogP contribution < -0.4 is 10.6 Å². The molecule has 2 aliphatic rings. The van der Waals surface area contributed by atoms with Crippen LogP contribution in [-0.2, 0) is 23.9 Å². The van der Waals surface area contributed by atoms with Crippen LogP contribution >= 0.6 is 0 Å². The summed E-state index contributed by atoms with van der Waals surface area (Å²) in [5.41, 5.74) is 0. The molecule has 2 saturated heterocycles. The van der Waals surface area contributed by atoms with Crippen molar-refractivity contribution in [3.63, 3.8) is 0 Å². The number of nitrogens with zero attached hydrogens (tertiary/aromatic N) is 3. The lowest BCUT2D eigenvalue weighted by Gasteiger charge is -2.39. The molecule has 2 rings (SSSR count). The van der Waals surface area contributed by atoms with E-state index < -0.39 is 0 Å². The van der Waals surface area contributed by atoms with Crippen molar-refractivity contribution < 1.29 is 23.9 Å². The first-order valence-corrected chi connectivity index (χ1v) is 15.3. The van der Waals surface area contributed by atoms with Gasteiger partial charge in [-0.05, 0) is 31.7 Å². The average molecular weight is 568 g/mol. The monoisotopic (exact) mass is 567 g/mol. The second kappa shape index (κ2) is 17.4. The number of hydrogen-bond donors (Lipinski definition) is 2. The van der Waals surface area contributed by atoms with Gasteiger partial charge in [0.2, 0.25) is 11.8 Å². The van der Waals surface area contributed by atoms with Crippen LogP contribution in [0.3, 0.4) is 0 Å². The molecule has 10 nitrogen and oxygen atoms in total. The van der Waals surface area contributed by atoms with Gasteiger partial charge in [-0.1, -0.05) is 41.0 Å². The third-order valence-electron chi connectivity index (χ3n) is 9.01. The van der Waals surface area contributed by atoms with Crippen LogP contribution in [0, 0.1) is 17.8 Å². The Morgan fingerprint density at radius 1 is 1.10 bits per heavy atom. The standard InChI is InChI=1S/C30H57N5O5/c1-9-22(4)28(33(6)16-14-32-30(38)27(21(2)3)34-17-12-31-13-18-34)25(39-7)19-26(37)35-15-10-11-24(35)29(40-8)23(5)20-36/h20-25,27-29,31H,9-19H2,1-8H3,(H,32,38). The minimum atomic E-state index is -0.308. The second-order valence-electron chi connectivity index (χ2n) is 12.1. The molecular weight excluding hydrogens is 510 g/mol. The highest BCUT2D eigenvalue weighted by atomic mass is 16.5. The molecule has 0 aromatic carbocycles. The van der Waals surface area contributed by atoms with Crippen LogP contribution in [0.4, 0.5) is 0 Å². The van der Waals surface area contributed by atoms with Crippen molar-refractivity contribution in [1.82, 2.24) is 25.3 Å². The van der Waals surface area contributed by atoms with Gasteiger partial charge in [-0.3, -0.25) is 19.4 Å². The number of nitrogens with one attached hydrogen (secondary N) is 2. The fraction of sp³-hybridized carbons (Fsp3) is 0.900. The van der Waals surface area contributed by atoms with E-state index in [0.29, 0.717) is 25.6 Å². The molecule has 0 radical (unpaired) electrons. The molecule has 40 heavy (non-hydrogen) atoms. The van der Waals surface area contributed by atoms with Crippen LogP contribution in [0.2, 0.25) is 0 Å². The summed E-state index contributed by atoms with van der Waals surface area (Å²) in [6.07, 6.45) is 3.26. The number of rotatable bonds is 17. The molecule has 2 heterocycles. The van der Waals surface area contributed by atoms with Gasteiger partial charge in [0, 0.05) is 72.0 Å². The Kier molecular flexibility index (Phi) is 15.0. The molecular formula is C30H57N5O5. The van der Waals surface area contributed by atoms with Gasteiger partial charge < -0.3 is 29.8 Å². The molecule has 232 valence electrons. The third kappa shape index (κ3) is 9.21. The summed E-state index contributed by atoms with van der Waals surface area (Å²) in [5.74, 6) is 0.368. The third-order valence-corrected chi connectivity index (χ3v) is 9.01. The van der Waals surface area contributed by atoms with E-state index >= 15 is 0 Å². The predicted molar refractivity (Wildman–Crippen MR) is 158 cm³/mol. The lowest BCUT2D eigenvalue weighted by Crippen LogP contribution is -2.56. The molecule has 0 bridgehead atoms. The lowest BCUT2D eigenvalue weighted by molar-refractivity contribution is -0.140. The van der Waals surface area contributed by atoms with E-state index in [1.807, 2.05) is 11.8 Å².